The van der Waals surface area contributed by atoms with Crippen LogP contribution in [0.4, 0.5) is 0 Å². The van der Waals surface area contributed by atoms with Crippen molar-refractivity contribution in [2.45, 2.75) is 38.7 Å². The van der Waals surface area contributed by atoms with Gasteiger partial charge in [-0.2, -0.15) is 0 Å². The van der Waals surface area contributed by atoms with E-state index in [0.29, 0.717) is 13.0 Å². The van der Waals surface area contributed by atoms with Gasteiger partial charge in [-0.05, 0) is 19.3 Å². The van der Waals surface area contributed by atoms with Gasteiger partial charge in [0.05, 0.1) is 6.61 Å². The lowest BCUT2D eigenvalue weighted by Gasteiger charge is -2.24. The Bertz CT molecular complexity index is 253. The average Bonchev–Trinajstić information content (AvgIpc) is 2.10. The highest BCUT2D eigenvalue weighted by atomic mass is 16.5. The van der Waals surface area contributed by atoms with E-state index in [0.717, 1.165) is 19.3 Å². The first kappa shape index (κ1) is 11.8. The standard InChI is InChI=1S/C11H16O4/c1-9(12)14-8-3-2-7-11(13)15-10-5-4-6-10/h2,7,10H,3-6,8H2,1H3/b7-2+. The molecule has 0 spiro atoms. The van der Waals surface area contributed by atoms with Crippen molar-refractivity contribution in [3.8, 4) is 0 Å². The van der Waals surface area contributed by atoms with Crippen molar-refractivity contribution >= 4 is 11.9 Å². The molecule has 0 aliphatic heterocycles. The molecular weight excluding hydrogens is 196 g/mol. The molecule has 0 atom stereocenters. The molecule has 0 aromatic carbocycles. The Labute approximate surface area is 89.2 Å². The van der Waals surface area contributed by atoms with Crippen molar-refractivity contribution in [1.82, 2.24) is 0 Å². The van der Waals surface area contributed by atoms with Gasteiger partial charge < -0.3 is 9.47 Å². The summed E-state index contributed by atoms with van der Waals surface area (Å²) in [6, 6.07) is 0. The number of carbonyl (C=O) groups is 2. The van der Waals surface area contributed by atoms with Gasteiger partial charge in [0.15, 0.2) is 0 Å². The molecule has 0 saturated heterocycles. The molecule has 1 aliphatic carbocycles. The van der Waals surface area contributed by atoms with Crippen LogP contribution in [0.3, 0.4) is 0 Å². The Hall–Kier alpha value is -1.32. The Morgan fingerprint density at radius 1 is 1.40 bits per heavy atom. The molecule has 0 N–H and O–H groups in total. The van der Waals surface area contributed by atoms with Crippen LogP contribution in [-0.4, -0.2) is 24.6 Å². The second kappa shape index (κ2) is 6.22. The van der Waals surface area contributed by atoms with Crippen LogP contribution in [0.2, 0.25) is 0 Å². The lowest BCUT2D eigenvalue weighted by Crippen LogP contribution is -2.24. The molecule has 0 aromatic rings. The second-order valence-electron chi connectivity index (χ2n) is 3.52. The molecule has 4 nitrogen and oxygen atoms in total. The minimum absolute atomic E-state index is 0.121. The third-order valence-electron chi connectivity index (χ3n) is 2.18. The third kappa shape index (κ3) is 5.20. The van der Waals surface area contributed by atoms with Crippen molar-refractivity contribution < 1.29 is 19.1 Å². The SMILES string of the molecule is CC(=O)OCC/C=C/C(=O)OC1CCC1. The fraction of sp³-hybridized carbons (Fsp3) is 0.636. The maximum Gasteiger partial charge on any atom is 0.330 e. The van der Waals surface area contributed by atoms with E-state index in [4.69, 9.17) is 9.47 Å². The zero-order valence-corrected chi connectivity index (χ0v) is 8.90. The Kier molecular flexibility index (Phi) is 4.87. The lowest BCUT2D eigenvalue weighted by molar-refractivity contribution is -0.146. The van der Waals surface area contributed by atoms with E-state index in [9.17, 15) is 9.59 Å². The van der Waals surface area contributed by atoms with Gasteiger partial charge in [-0.1, -0.05) is 6.08 Å². The van der Waals surface area contributed by atoms with Crippen molar-refractivity contribution in [3.05, 3.63) is 12.2 Å². The number of hydrogen-bond donors (Lipinski definition) is 0. The topological polar surface area (TPSA) is 52.6 Å². The van der Waals surface area contributed by atoms with E-state index < -0.39 is 0 Å². The predicted molar refractivity (Wildman–Crippen MR) is 54.1 cm³/mol. The van der Waals surface area contributed by atoms with E-state index in [1.807, 2.05) is 0 Å². The van der Waals surface area contributed by atoms with Crippen LogP contribution in [0.25, 0.3) is 0 Å². The van der Waals surface area contributed by atoms with Crippen LogP contribution in [0.15, 0.2) is 12.2 Å². The van der Waals surface area contributed by atoms with E-state index in [-0.39, 0.29) is 18.0 Å². The Morgan fingerprint density at radius 2 is 2.13 bits per heavy atom. The summed E-state index contributed by atoms with van der Waals surface area (Å²) in [7, 11) is 0. The maximum absolute atomic E-state index is 11.1. The van der Waals surface area contributed by atoms with Crippen molar-refractivity contribution in [3.63, 3.8) is 0 Å². The molecule has 0 bridgehead atoms. The molecular formula is C11H16O4. The first-order valence-corrected chi connectivity index (χ1v) is 5.19. The van der Waals surface area contributed by atoms with Gasteiger partial charge in [-0.25, -0.2) is 4.79 Å². The molecule has 1 saturated carbocycles. The summed E-state index contributed by atoms with van der Waals surface area (Å²) >= 11 is 0. The van der Waals surface area contributed by atoms with Gasteiger partial charge in [-0.3, -0.25) is 4.79 Å². The molecule has 0 amide bonds. The summed E-state index contributed by atoms with van der Waals surface area (Å²) in [6.07, 6.45) is 6.81. The highest BCUT2D eigenvalue weighted by molar-refractivity contribution is 5.82. The van der Waals surface area contributed by atoms with E-state index in [1.165, 1.54) is 13.0 Å². The highest BCUT2D eigenvalue weighted by Crippen LogP contribution is 2.21. The molecule has 1 rings (SSSR count). The van der Waals surface area contributed by atoms with Gasteiger partial charge in [0.2, 0.25) is 0 Å². The number of carbonyl (C=O) groups excluding carboxylic acids is 2. The van der Waals surface area contributed by atoms with Crippen LogP contribution in [0.5, 0.6) is 0 Å². The molecule has 84 valence electrons. The lowest BCUT2D eigenvalue weighted by atomic mass is 9.96. The zero-order chi connectivity index (χ0) is 11.1. The number of rotatable bonds is 5. The fourth-order valence-electron chi connectivity index (χ4n) is 1.14. The van der Waals surface area contributed by atoms with E-state index >= 15 is 0 Å². The number of hydrogen-bond acceptors (Lipinski definition) is 4. The Balaban J connectivity index is 2.03. The monoisotopic (exact) mass is 212 g/mol. The van der Waals surface area contributed by atoms with E-state index in [1.54, 1.807) is 6.08 Å². The van der Waals surface area contributed by atoms with Crippen molar-refractivity contribution in [2.75, 3.05) is 6.61 Å². The first-order valence-electron chi connectivity index (χ1n) is 5.19. The Morgan fingerprint density at radius 3 is 2.67 bits per heavy atom. The maximum atomic E-state index is 11.1. The van der Waals surface area contributed by atoms with E-state index in [2.05, 4.69) is 0 Å². The summed E-state index contributed by atoms with van der Waals surface area (Å²) in [5.74, 6) is -0.608. The molecule has 15 heavy (non-hydrogen) atoms. The highest BCUT2D eigenvalue weighted by Gasteiger charge is 2.20. The molecule has 0 radical (unpaired) electrons. The van der Waals surface area contributed by atoms with Gasteiger partial charge in [0.25, 0.3) is 0 Å². The summed E-state index contributed by atoms with van der Waals surface area (Å²) < 4.78 is 9.78. The molecule has 1 aliphatic rings. The smallest absolute Gasteiger partial charge is 0.330 e. The summed E-state index contributed by atoms with van der Waals surface area (Å²) in [5, 5.41) is 0. The van der Waals surface area contributed by atoms with Crippen molar-refractivity contribution in [1.29, 1.82) is 0 Å². The molecule has 0 heterocycles. The fourth-order valence-corrected chi connectivity index (χ4v) is 1.14. The quantitative estimate of drug-likeness (QED) is 0.394. The average molecular weight is 212 g/mol. The minimum atomic E-state index is -0.305. The molecule has 0 unspecified atom stereocenters. The van der Waals surface area contributed by atoms with Crippen LogP contribution in [0, 0.1) is 0 Å². The van der Waals surface area contributed by atoms with Crippen LogP contribution >= 0.6 is 0 Å². The van der Waals surface area contributed by atoms with Gasteiger partial charge in [0.1, 0.15) is 6.10 Å². The second-order valence-corrected chi connectivity index (χ2v) is 3.52. The largest absolute Gasteiger partial charge is 0.466 e. The van der Waals surface area contributed by atoms with Crippen molar-refractivity contribution in [2.24, 2.45) is 0 Å². The van der Waals surface area contributed by atoms with Crippen LogP contribution < -0.4 is 0 Å². The van der Waals surface area contributed by atoms with Gasteiger partial charge in [0, 0.05) is 19.4 Å². The summed E-state index contributed by atoms with van der Waals surface area (Å²) in [5.41, 5.74) is 0. The zero-order valence-electron chi connectivity index (χ0n) is 8.90. The van der Waals surface area contributed by atoms with Crippen LogP contribution in [0.1, 0.15) is 32.6 Å². The first-order chi connectivity index (χ1) is 7.18. The van der Waals surface area contributed by atoms with Gasteiger partial charge in [-0.15, -0.1) is 0 Å². The van der Waals surface area contributed by atoms with Gasteiger partial charge >= 0.3 is 11.9 Å². The number of esters is 2. The molecule has 4 heteroatoms. The van der Waals surface area contributed by atoms with Crippen LogP contribution in [-0.2, 0) is 19.1 Å². The minimum Gasteiger partial charge on any atom is -0.466 e. The third-order valence-corrected chi connectivity index (χ3v) is 2.18. The summed E-state index contributed by atoms with van der Waals surface area (Å²) in [6.45, 7) is 1.66. The normalized spacial score (nSPS) is 16.1. The summed E-state index contributed by atoms with van der Waals surface area (Å²) in [4.78, 5) is 21.5. The predicted octanol–water partition coefficient (Wildman–Crippen LogP) is 1.59. The molecule has 1 fully saturated rings. The molecule has 0 aromatic heterocycles. The number of ether oxygens (including phenoxy) is 2.